The van der Waals surface area contributed by atoms with Crippen molar-refractivity contribution in [2.24, 2.45) is 22.7 Å². The van der Waals surface area contributed by atoms with Gasteiger partial charge in [-0.15, -0.1) is 0 Å². The van der Waals surface area contributed by atoms with Crippen LogP contribution in [0, 0.1) is 22.7 Å². The summed E-state index contributed by atoms with van der Waals surface area (Å²) in [6.07, 6.45) is 8.56. The van der Waals surface area contributed by atoms with E-state index in [2.05, 4.69) is 39.9 Å². The molecule has 0 aliphatic heterocycles. The first kappa shape index (κ1) is 14.4. The van der Waals surface area contributed by atoms with Crippen LogP contribution in [0.15, 0.2) is 0 Å². The van der Waals surface area contributed by atoms with Gasteiger partial charge in [0, 0.05) is 6.04 Å². The molecule has 0 saturated heterocycles. The second-order valence-corrected chi connectivity index (χ2v) is 7.88. The van der Waals surface area contributed by atoms with E-state index >= 15 is 0 Å². The van der Waals surface area contributed by atoms with E-state index in [1.807, 2.05) is 0 Å². The first-order valence-corrected chi connectivity index (χ1v) is 8.13. The molecule has 2 rings (SSSR count). The van der Waals surface area contributed by atoms with Crippen LogP contribution in [0.5, 0.6) is 0 Å². The summed E-state index contributed by atoms with van der Waals surface area (Å²) in [6.45, 7) is 13.3. The highest BCUT2D eigenvalue weighted by Crippen LogP contribution is 2.67. The van der Waals surface area contributed by atoms with Gasteiger partial charge in [-0.05, 0) is 48.5 Å². The van der Waals surface area contributed by atoms with Gasteiger partial charge in [0.15, 0.2) is 0 Å². The molecule has 0 spiro atoms. The van der Waals surface area contributed by atoms with Crippen molar-refractivity contribution in [3.8, 4) is 0 Å². The summed E-state index contributed by atoms with van der Waals surface area (Å²) in [5, 5.41) is 3.88. The molecule has 0 aromatic rings. The average Bonchev–Trinajstić information content (AvgIpc) is 2.82. The topological polar surface area (TPSA) is 12.0 Å². The van der Waals surface area contributed by atoms with Crippen molar-refractivity contribution in [2.75, 3.05) is 6.54 Å². The Bertz CT molecular complexity index is 265. The molecule has 0 aromatic carbocycles. The lowest BCUT2D eigenvalue weighted by molar-refractivity contribution is 0.408. The zero-order valence-corrected chi connectivity index (χ0v) is 13.2. The molecule has 0 bridgehead atoms. The number of nitrogens with one attached hydrogen (secondary N) is 1. The highest BCUT2D eigenvalue weighted by atomic mass is 14.9. The molecule has 0 aromatic heterocycles. The van der Waals surface area contributed by atoms with E-state index in [-0.39, 0.29) is 0 Å². The highest BCUT2D eigenvalue weighted by Gasteiger charge is 2.63. The van der Waals surface area contributed by atoms with Gasteiger partial charge in [-0.1, -0.05) is 53.9 Å². The molecule has 0 heterocycles. The van der Waals surface area contributed by atoms with Crippen molar-refractivity contribution in [3.63, 3.8) is 0 Å². The van der Waals surface area contributed by atoms with Gasteiger partial charge in [0.1, 0.15) is 0 Å². The van der Waals surface area contributed by atoms with Gasteiger partial charge in [-0.3, -0.25) is 0 Å². The lowest BCUT2D eigenvalue weighted by atomic mass is 9.98. The molecule has 2 atom stereocenters. The molecule has 0 radical (unpaired) electrons. The standard InChI is InChI=1S/C17H33N/c1-6-13-8-7-9-14(11-10-13)18-12-15-16(2,3)17(15,4)5/h13-15,18H,6-12H2,1-5H3. The van der Waals surface area contributed by atoms with Gasteiger partial charge in [-0.25, -0.2) is 0 Å². The van der Waals surface area contributed by atoms with Crippen molar-refractivity contribution in [1.29, 1.82) is 0 Å². The molecule has 18 heavy (non-hydrogen) atoms. The van der Waals surface area contributed by atoms with E-state index in [0.29, 0.717) is 10.8 Å². The van der Waals surface area contributed by atoms with Crippen LogP contribution in [0.1, 0.15) is 73.1 Å². The third kappa shape index (κ3) is 2.61. The Morgan fingerprint density at radius 2 is 1.61 bits per heavy atom. The minimum Gasteiger partial charge on any atom is -0.314 e. The van der Waals surface area contributed by atoms with Crippen LogP contribution in [0.2, 0.25) is 0 Å². The summed E-state index contributed by atoms with van der Waals surface area (Å²) in [5.41, 5.74) is 1.08. The highest BCUT2D eigenvalue weighted by molar-refractivity contribution is 5.12. The lowest BCUT2D eigenvalue weighted by Gasteiger charge is -2.17. The van der Waals surface area contributed by atoms with Crippen LogP contribution < -0.4 is 5.32 Å². The quantitative estimate of drug-likeness (QED) is 0.719. The summed E-state index contributed by atoms with van der Waals surface area (Å²) in [6, 6.07) is 0.800. The van der Waals surface area contributed by atoms with E-state index in [4.69, 9.17) is 0 Å². The molecule has 2 fully saturated rings. The van der Waals surface area contributed by atoms with Crippen molar-refractivity contribution < 1.29 is 0 Å². The lowest BCUT2D eigenvalue weighted by Crippen LogP contribution is -2.31. The fourth-order valence-electron chi connectivity index (χ4n) is 4.12. The zero-order chi connectivity index (χ0) is 13.4. The Morgan fingerprint density at radius 1 is 0.944 bits per heavy atom. The molecule has 106 valence electrons. The van der Waals surface area contributed by atoms with Crippen molar-refractivity contribution in [3.05, 3.63) is 0 Å². The smallest absolute Gasteiger partial charge is 0.00672 e. The third-order valence-electron chi connectivity index (χ3n) is 6.60. The maximum Gasteiger partial charge on any atom is 0.00672 e. The third-order valence-corrected chi connectivity index (χ3v) is 6.60. The maximum absolute atomic E-state index is 3.88. The van der Waals surface area contributed by atoms with Crippen molar-refractivity contribution in [2.45, 2.75) is 79.2 Å². The Labute approximate surface area is 114 Å². The summed E-state index contributed by atoms with van der Waals surface area (Å²) in [4.78, 5) is 0. The fraction of sp³-hybridized carbons (Fsp3) is 1.00. The largest absolute Gasteiger partial charge is 0.314 e. The summed E-state index contributed by atoms with van der Waals surface area (Å²) in [5.74, 6) is 1.88. The predicted molar refractivity (Wildman–Crippen MR) is 79.7 cm³/mol. The second-order valence-electron chi connectivity index (χ2n) is 7.88. The minimum atomic E-state index is 0.538. The molecule has 1 N–H and O–H groups in total. The molecule has 1 heteroatoms. The van der Waals surface area contributed by atoms with Crippen molar-refractivity contribution >= 4 is 0 Å². The molecule has 2 unspecified atom stereocenters. The Morgan fingerprint density at radius 3 is 2.17 bits per heavy atom. The van der Waals surface area contributed by atoms with Gasteiger partial charge in [0.05, 0.1) is 0 Å². The second kappa shape index (κ2) is 5.15. The molecular formula is C17H33N. The van der Waals surface area contributed by atoms with Gasteiger partial charge in [0.25, 0.3) is 0 Å². The Balaban J connectivity index is 1.75. The molecule has 2 aliphatic rings. The van der Waals surface area contributed by atoms with Crippen LogP contribution in [-0.2, 0) is 0 Å². The van der Waals surface area contributed by atoms with Crippen LogP contribution in [-0.4, -0.2) is 12.6 Å². The van der Waals surface area contributed by atoms with Gasteiger partial charge >= 0.3 is 0 Å². The van der Waals surface area contributed by atoms with Crippen molar-refractivity contribution in [1.82, 2.24) is 5.32 Å². The monoisotopic (exact) mass is 251 g/mol. The fourth-order valence-corrected chi connectivity index (χ4v) is 4.12. The van der Waals surface area contributed by atoms with Gasteiger partial charge < -0.3 is 5.32 Å². The first-order chi connectivity index (χ1) is 8.39. The molecule has 2 aliphatic carbocycles. The van der Waals surface area contributed by atoms with E-state index in [9.17, 15) is 0 Å². The van der Waals surface area contributed by atoms with E-state index in [0.717, 1.165) is 17.9 Å². The maximum atomic E-state index is 3.88. The average molecular weight is 251 g/mol. The van der Waals surface area contributed by atoms with Gasteiger partial charge in [-0.2, -0.15) is 0 Å². The van der Waals surface area contributed by atoms with Gasteiger partial charge in [0.2, 0.25) is 0 Å². The Hall–Kier alpha value is -0.0400. The minimum absolute atomic E-state index is 0.538. The zero-order valence-electron chi connectivity index (χ0n) is 13.2. The number of hydrogen-bond acceptors (Lipinski definition) is 1. The predicted octanol–water partition coefficient (Wildman–Crippen LogP) is 4.62. The van der Waals surface area contributed by atoms with E-state index < -0.39 is 0 Å². The summed E-state index contributed by atoms with van der Waals surface area (Å²) < 4.78 is 0. The van der Waals surface area contributed by atoms with Crippen LogP contribution >= 0.6 is 0 Å². The normalized spacial score (nSPS) is 35.2. The summed E-state index contributed by atoms with van der Waals surface area (Å²) in [7, 11) is 0. The van der Waals surface area contributed by atoms with E-state index in [1.165, 1.54) is 45.1 Å². The first-order valence-electron chi connectivity index (χ1n) is 8.13. The van der Waals surface area contributed by atoms with Crippen LogP contribution in [0.4, 0.5) is 0 Å². The number of rotatable bonds is 4. The summed E-state index contributed by atoms with van der Waals surface area (Å²) >= 11 is 0. The molecule has 1 nitrogen and oxygen atoms in total. The van der Waals surface area contributed by atoms with E-state index in [1.54, 1.807) is 0 Å². The van der Waals surface area contributed by atoms with Crippen LogP contribution in [0.25, 0.3) is 0 Å². The van der Waals surface area contributed by atoms with Crippen LogP contribution in [0.3, 0.4) is 0 Å². The number of hydrogen-bond donors (Lipinski definition) is 1. The molecular weight excluding hydrogens is 218 g/mol. The molecule has 0 amide bonds. The SMILES string of the molecule is CCC1CCCC(NCC2C(C)(C)C2(C)C)CC1. The Kier molecular flexibility index (Phi) is 4.11. The molecule has 2 saturated carbocycles.